The zero-order valence-corrected chi connectivity index (χ0v) is 13.7. The van der Waals surface area contributed by atoms with Crippen LogP contribution in [0, 0.1) is 0 Å². The number of aromatic nitrogens is 2. The van der Waals surface area contributed by atoms with E-state index in [-0.39, 0.29) is 11.6 Å². The van der Waals surface area contributed by atoms with Gasteiger partial charge >= 0.3 is 0 Å². The van der Waals surface area contributed by atoms with Crippen LogP contribution in [-0.2, 0) is 0 Å². The topological polar surface area (TPSA) is 72.1 Å². The van der Waals surface area contributed by atoms with Crippen molar-refractivity contribution in [1.82, 2.24) is 9.97 Å². The molecule has 0 bridgehead atoms. The molecule has 2 aromatic heterocycles. The summed E-state index contributed by atoms with van der Waals surface area (Å²) in [6.07, 6.45) is 7.51. The quantitative estimate of drug-likeness (QED) is 0.875. The number of nitrogens with zero attached hydrogens (tertiary/aromatic N) is 3. The second kappa shape index (κ2) is 6.23. The van der Waals surface area contributed by atoms with Crippen molar-refractivity contribution in [1.29, 1.82) is 0 Å². The molecule has 0 radical (unpaired) electrons. The first-order chi connectivity index (χ1) is 11.7. The van der Waals surface area contributed by atoms with E-state index in [4.69, 9.17) is 10.7 Å². The van der Waals surface area contributed by atoms with Crippen molar-refractivity contribution in [2.75, 3.05) is 23.7 Å². The molecule has 4 rings (SSSR count). The molecule has 24 heavy (non-hydrogen) atoms. The van der Waals surface area contributed by atoms with Crippen LogP contribution >= 0.6 is 0 Å². The van der Waals surface area contributed by atoms with Gasteiger partial charge in [0.1, 0.15) is 17.3 Å². The highest BCUT2D eigenvalue weighted by Crippen LogP contribution is 2.42. The zero-order valence-electron chi connectivity index (χ0n) is 13.7. The summed E-state index contributed by atoms with van der Waals surface area (Å²) in [6.45, 7) is 2.02. The van der Waals surface area contributed by atoms with E-state index in [2.05, 4.69) is 22.0 Å². The van der Waals surface area contributed by atoms with E-state index >= 15 is 0 Å². The average molecular weight is 322 g/mol. The van der Waals surface area contributed by atoms with E-state index in [1.165, 1.54) is 19.3 Å². The van der Waals surface area contributed by atoms with Crippen molar-refractivity contribution in [2.45, 2.75) is 38.0 Å². The lowest BCUT2D eigenvalue weighted by Gasteiger charge is -2.28. The lowest BCUT2D eigenvalue weighted by Crippen LogP contribution is -2.30. The van der Waals surface area contributed by atoms with Crippen molar-refractivity contribution in [3.8, 4) is 0 Å². The summed E-state index contributed by atoms with van der Waals surface area (Å²) >= 11 is 0. The molecule has 3 heterocycles. The molecule has 1 aliphatic heterocycles. The average Bonchev–Trinajstić information content (AvgIpc) is 3.47. The molecule has 1 saturated heterocycles. The van der Waals surface area contributed by atoms with Gasteiger partial charge in [-0.05, 0) is 61.8 Å². The Kier molecular flexibility index (Phi) is 3.92. The monoisotopic (exact) mass is 322 g/mol. The number of hydrogen-bond donors (Lipinski definition) is 1. The van der Waals surface area contributed by atoms with E-state index in [0.717, 1.165) is 37.3 Å². The van der Waals surface area contributed by atoms with E-state index in [1.807, 2.05) is 0 Å². The molecule has 0 amide bonds. The fourth-order valence-electron chi connectivity index (χ4n) is 3.40. The van der Waals surface area contributed by atoms with E-state index in [9.17, 15) is 4.79 Å². The first-order valence-corrected chi connectivity index (χ1v) is 8.75. The molecule has 124 valence electrons. The van der Waals surface area contributed by atoms with Gasteiger partial charge in [0.2, 0.25) is 5.78 Å². The Morgan fingerprint density at radius 2 is 1.92 bits per heavy atom. The van der Waals surface area contributed by atoms with Crippen LogP contribution in [0.15, 0.2) is 30.5 Å². The summed E-state index contributed by atoms with van der Waals surface area (Å²) < 4.78 is 0. The van der Waals surface area contributed by atoms with Crippen LogP contribution in [0.4, 0.5) is 11.6 Å². The molecule has 0 aromatic carbocycles. The third-order valence-electron chi connectivity index (χ3n) is 4.91. The Hall–Kier alpha value is -2.43. The van der Waals surface area contributed by atoms with Gasteiger partial charge in [0, 0.05) is 19.3 Å². The first kappa shape index (κ1) is 15.1. The summed E-state index contributed by atoms with van der Waals surface area (Å²) in [5, 5.41) is 0. The summed E-state index contributed by atoms with van der Waals surface area (Å²) in [6, 6.07) is 7.64. The molecule has 5 nitrogen and oxygen atoms in total. The minimum atomic E-state index is -0.110. The minimum Gasteiger partial charge on any atom is -0.383 e. The largest absolute Gasteiger partial charge is 0.383 e. The Labute approximate surface area is 141 Å². The maximum absolute atomic E-state index is 13.1. The number of piperidine rings is 1. The van der Waals surface area contributed by atoms with Crippen LogP contribution in [0.5, 0.6) is 0 Å². The summed E-state index contributed by atoms with van der Waals surface area (Å²) in [7, 11) is 0. The van der Waals surface area contributed by atoms with Crippen molar-refractivity contribution in [3.63, 3.8) is 0 Å². The lowest BCUT2D eigenvalue weighted by molar-refractivity contribution is 0.103. The number of nitrogens with two attached hydrogens (primary N) is 1. The molecular weight excluding hydrogens is 300 g/mol. The van der Waals surface area contributed by atoms with Crippen molar-refractivity contribution < 1.29 is 4.79 Å². The third-order valence-corrected chi connectivity index (χ3v) is 4.91. The highest BCUT2D eigenvalue weighted by molar-refractivity contribution is 6.11. The van der Waals surface area contributed by atoms with Gasteiger partial charge in [-0.25, -0.2) is 9.97 Å². The molecule has 1 saturated carbocycles. The highest BCUT2D eigenvalue weighted by atomic mass is 16.1. The van der Waals surface area contributed by atoms with Crippen LogP contribution in [0.3, 0.4) is 0 Å². The van der Waals surface area contributed by atoms with Crippen LogP contribution in [0.25, 0.3) is 0 Å². The fourth-order valence-corrected chi connectivity index (χ4v) is 3.40. The number of nitrogen functional groups attached to an aromatic ring is 1. The molecule has 2 fully saturated rings. The summed E-state index contributed by atoms with van der Waals surface area (Å²) in [4.78, 5) is 24.2. The fraction of sp³-hybridized carbons (Fsp3) is 0.421. The zero-order chi connectivity index (χ0) is 16.5. The molecule has 2 aromatic rings. The predicted molar refractivity (Wildman–Crippen MR) is 94.4 cm³/mol. The van der Waals surface area contributed by atoms with Gasteiger partial charge in [-0.2, -0.15) is 0 Å². The number of anilines is 2. The number of rotatable bonds is 4. The lowest BCUT2D eigenvalue weighted by atomic mass is 10.0. The Balaban J connectivity index is 1.74. The van der Waals surface area contributed by atoms with Gasteiger partial charge < -0.3 is 10.6 Å². The molecule has 2 aliphatic rings. The molecule has 0 spiro atoms. The first-order valence-electron chi connectivity index (χ1n) is 8.75. The molecule has 5 heteroatoms. The van der Waals surface area contributed by atoms with Gasteiger partial charge in [0.25, 0.3) is 0 Å². The standard InChI is InChI=1S/C19H22N4O/c20-19-15(5-4-10-21-19)18(24)17-14(13-6-7-13)8-9-16(22-17)23-11-2-1-3-12-23/h4-5,8-10,13H,1-3,6-7,11-12H2,(H2,20,21). The summed E-state index contributed by atoms with van der Waals surface area (Å²) in [5.74, 6) is 1.53. The van der Waals surface area contributed by atoms with E-state index in [0.29, 0.717) is 17.2 Å². The second-order valence-corrected chi connectivity index (χ2v) is 6.69. The van der Waals surface area contributed by atoms with Crippen LogP contribution in [-0.4, -0.2) is 28.8 Å². The Bertz CT molecular complexity index is 764. The Morgan fingerprint density at radius 3 is 2.62 bits per heavy atom. The predicted octanol–water partition coefficient (Wildman–Crippen LogP) is 3.16. The van der Waals surface area contributed by atoms with E-state index in [1.54, 1.807) is 18.3 Å². The van der Waals surface area contributed by atoms with Gasteiger partial charge in [-0.15, -0.1) is 0 Å². The number of carbonyl (C=O) groups excluding carboxylic acids is 1. The Morgan fingerprint density at radius 1 is 1.12 bits per heavy atom. The van der Waals surface area contributed by atoms with Gasteiger partial charge in [0.05, 0.1) is 5.56 Å². The van der Waals surface area contributed by atoms with Crippen LogP contribution < -0.4 is 10.6 Å². The third kappa shape index (κ3) is 2.86. The number of carbonyl (C=O) groups is 1. The SMILES string of the molecule is Nc1ncccc1C(=O)c1nc(N2CCCCC2)ccc1C1CC1. The van der Waals surface area contributed by atoms with E-state index < -0.39 is 0 Å². The van der Waals surface area contributed by atoms with Crippen LogP contribution in [0.2, 0.25) is 0 Å². The smallest absolute Gasteiger partial charge is 0.215 e. The molecular formula is C19H22N4O. The molecule has 0 unspecified atom stereocenters. The highest BCUT2D eigenvalue weighted by Gasteiger charge is 2.30. The van der Waals surface area contributed by atoms with Gasteiger partial charge in [-0.3, -0.25) is 4.79 Å². The second-order valence-electron chi connectivity index (χ2n) is 6.69. The molecule has 1 aliphatic carbocycles. The van der Waals surface area contributed by atoms with Gasteiger partial charge in [0.15, 0.2) is 0 Å². The van der Waals surface area contributed by atoms with Crippen LogP contribution in [0.1, 0.15) is 59.6 Å². The minimum absolute atomic E-state index is 0.110. The molecule has 2 N–H and O–H groups in total. The normalized spacial score (nSPS) is 17.8. The number of ketones is 1. The van der Waals surface area contributed by atoms with Gasteiger partial charge in [-0.1, -0.05) is 6.07 Å². The maximum Gasteiger partial charge on any atom is 0.215 e. The molecule has 0 atom stereocenters. The van der Waals surface area contributed by atoms with Crippen molar-refractivity contribution >= 4 is 17.4 Å². The number of hydrogen-bond acceptors (Lipinski definition) is 5. The summed E-state index contributed by atoms with van der Waals surface area (Å²) in [5.41, 5.74) is 7.97. The van der Waals surface area contributed by atoms with Crippen molar-refractivity contribution in [2.24, 2.45) is 0 Å². The maximum atomic E-state index is 13.1. The number of pyridine rings is 2. The van der Waals surface area contributed by atoms with Crippen molar-refractivity contribution in [3.05, 3.63) is 47.3 Å².